The molecule has 1 amide bonds. The topological polar surface area (TPSA) is 56.6 Å². The van der Waals surface area contributed by atoms with Crippen molar-refractivity contribution in [3.8, 4) is 11.8 Å². The molecule has 2 aliphatic rings. The van der Waals surface area contributed by atoms with Gasteiger partial charge >= 0.3 is 0 Å². The van der Waals surface area contributed by atoms with Gasteiger partial charge in [0.25, 0.3) is 0 Å². The second kappa shape index (κ2) is 8.75. The predicted octanol–water partition coefficient (Wildman–Crippen LogP) is 5.24. The van der Waals surface area contributed by atoms with E-state index in [9.17, 15) is 10.1 Å². The highest BCUT2D eigenvalue weighted by molar-refractivity contribution is 9.10. The van der Waals surface area contributed by atoms with Crippen LogP contribution in [0.15, 0.2) is 57.5 Å². The zero-order chi connectivity index (χ0) is 21.3. The van der Waals surface area contributed by atoms with E-state index in [0.29, 0.717) is 23.9 Å². The van der Waals surface area contributed by atoms with Gasteiger partial charge in [0.2, 0.25) is 5.91 Å². The van der Waals surface area contributed by atoms with Crippen LogP contribution in [0.4, 0.5) is 5.69 Å². The molecule has 0 aromatic heterocycles. The Hall–Kier alpha value is -2.43. The summed E-state index contributed by atoms with van der Waals surface area (Å²) in [6, 6.07) is 16.5. The average molecular weight is 484 g/mol. The smallest absolute Gasteiger partial charge is 0.229 e. The Bertz CT molecular complexity index is 1050. The number of methoxy groups -OCH3 is 1. The van der Waals surface area contributed by atoms with Gasteiger partial charge in [-0.1, -0.05) is 46.7 Å². The molecule has 0 bridgehead atoms. The van der Waals surface area contributed by atoms with E-state index in [0.717, 1.165) is 27.2 Å². The third-order valence-corrected chi connectivity index (χ3v) is 7.22. The largest absolute Gasteiger partial charge is 0.496 e. The van der Waals surface area contributed by atoms with Crippen LogP contribution in [0.1, 0.15) is 30.4 Å². The monoisotopic (exact) mass is 483 g/mol. The molecule has 0 unspecified atom stereocenters. The predicted molar refractivity (Wildman–Crippen MR) is 123 cm³/mol. The second-order valence-corrected chi connectivity index (χ2v) is 9.12. The van der Waals surface area contributed by atoms with Crippen LogP contribution >= 0.6 is 27.7 Å². The number of hydrogen-bond acceptors (Lipinski definition) is 5. The maximum Gasteiger partial charge on any atom is 0.229 e. The van der Waals surface area contributed by atoms with E-state index in [1.165, 1.54) is 5.56 Å². The Labute approximate surface area is 189 Å². The van der Waals surface area contributed by atoms with Crippen molar-refractivity contribution in [2.75, 3.05) is 24.6 Å². The maximum absolute atomic E-state index is 13.1. The van der Waals surface area contributed by atoms with Crippen LogP contribution < -0.4 is 9.64 Å². The lowest BCUT2D eigenvalue weighted by molar-refractivity contribution is -0.129. The molecule has 2 aliphatic heterocycles. The van der Waals surface area contributed by atoms with Gasteiger partial charge in [-0.3, -0.25) is 9.69 Å². The number of ether oxygens (including phenoxy) is 1. The normalized spacial score (nSPS) is 18.9. The highest BCUT2D eigenvalue weighted by atomic mass is 79.9. The molecule has 5 nitrogen and oxygen atoms in total. The first-order chi connectivity index (χ1) is 14.5. The molecule has 1 fully saturated rings. The summed E-state index contributed by atoms with van der Waals surface area (Å²) < 4.78 is 6.42. The number of rotatable bonds is 4. The fourth-order valence-corrected chi connectivity index (χ4v) is 5.46. The number of amides is 1. The van der Waals surface area contributed by atoms with Crippen molar-refractivity contribution in [1.29, 1.82) is 5.26 Å². The first kappa shape index (κ1) is 20.8. The zero-order valence-electron chi connectivity index (χ0n) is 16.9. The number of benzene rings is 2. The summed E-state index contributed by atoms with van der Waals surface area (Å²) in [5, 5.41) is 10.8. The Morgan fingerprint density at radius 1 is 1.27 bits per heavy atom. The lowest BCUT2D eigenvalue weighted by Crippen LogP contribution is -2.47. The van der Waals surface area contributed by atoms with Crippen molar-refractivity contribution in [2.24, 2.45) is 0 Å². The summed E-state index contributed by atoms with van der Waals surface area (Å²) in [6.45, 7) is 2.59. The summed E-state index contributed by atoms with van der Waals surface area (Å²) in [5.74, 6) is 1.11. The number of nitriles is 1. The third-order valence-electron chi connectivity index (χ3n) is 5.57. The first-order valence-corrected chi connectivity index (χ1v) is 11.6. The molecule has 7 heteroatoms. The number of carbonyl (C=O) groups is 1. The van der Waals surface area contributed by atoms with Gasteiger partial charge in [-0.05, 0) is 42.3 Å². The van der Waals surface area contributed by atoms with E-state index in [1.807, 2.05) is 18.2 Å². The minimum absolute atomic E-state index is 0.0263. The summed E-state index contributed by atoms with van der Waals surface area (Å²) in [7, 11) is 1.61. The van der Waals surface area contributed by atoms with E-state index >= 15 is 0 Å². The Morgan fingerprint density at radius 3 is 2.70 bits per heavy atom. The van der Waals surface area contributed by atoms with Crippen LogP contribution in [0.5, 0.6) is 5.75 Å². The van der Waals surface area contributed by atoms with Crippen molar-refractivity contribution < 1.29 is 9.53 Å². The molecule has 2 heterocycles. The SMILES string of the molecule is CCc1ccc(N2CSC3=C(C#N)[C@H](c4cc(Br)ccc4OC)CC(=O)N3C2)cc1. The summed E-state index contributed by atoms with van der Waals surface area (Å²) in [6.07, 6.45) is 1.25. The van der Waals surface area contributed by atoms with E-state index in [-0.39, 0.29) is 18.2 Å². The van der Waals surface area contributed by atoms with Crippen LogP contribution in [0, 0.1) is 11.3 Å². The molecule has 0 spiro atoms. The molecule has 0 saturated carbocycles. The molecule has 30 heavy (non-hydrogen) atoms. The highest BCUT2D eigenvalue weighted by Crippen LogP contribution is 2.45. The number of anilines is 1. The highest BCUT2D eigenvalue weighted by Gasteiger charge is 2.39. The summed E-state index contributed by atoms with van der Waals surface area (Å²) >= 11 is 5.05. The number of allylic oxidation sites excluding steroid dienone is 1. The fraction of sp³-hybridized carbons (Fsp3) is 0.304. The molecule has 0 radical (unpaired) electrons. The molecule has 154 valence electrons. The first-order valence-electron chi connectivity index (χ1n) is 9.80. The molecular weight excluding hydrogens is 462 g/mol. The number of halogens is 1. The minimum Gasteiger partial charge on any atom is -0.496 e. The van der Waals surface area contributed by atoms with Crippen LogP contribution in [-0.2, 0) is 11.2 Å². The number of aryl methyl sites for hydroxylation is 1. The number of thioether (sulfide) groups is 1. The molecule has 2 aromatic rings. The van der Waals surface area contributed by atoms with Gasteiger partial charge < -0.3 is 9.64 Å². The van der Waals surface area contributed by atoms with Gasteiger partial charge in [0, 0.05) is 28.1 Å². The minimum atomic E-state index is -0.302. The van der Waals surface area contributed by atoms with Gasteiger partial charge in [-0.15, -0.1) is 0 Å². The van der Waals surface area contributed by atoms with Crippen molar-refractivity contribution in [3.63, 3.8) is 0 Å². The lowest BCUT2D eigenvalue weighted by Gasteiger charge is -2.42. The van der Waals surface area contributed by atoms with E-state index in [1.54, 1.807) is 23.8 Å². The number of nitrogens with zero attached hydrogens (tertiary/aromatic N) is 3. The molecule has 1 atom stereocenters. The Balaban J connectivity index is 1.67. The summed E-state index contributed by atoms with van der Waals surface area (Å²) in [5.41, 5.74) is 3.87. The van der Waals surface area contributed by atoms with Gasteiger partial charge in [-0.2, -0.15) is 5.26 Å². The fourth-order valence-electron chi connectivity index (χ4n) is 3.91. The van der Waals surface area contributed by atoms with Gasteiger partial charge in [-0.25, -0.2) is 0 Å². The number of fused-ring (bicyclic) bond motifs is 1. The Kier molecular flexibility index (Phi) is 6.07. The van der Waals surface area contributed by atoms with Crippen molar-refractivity contribution in [2.45, 2.75) is 25.7 Å². The average Bonchev–Trinajstić information content (AvgIpc) is 2.79. The van der Waals surface area contributed by atoms with E-state index in [2.05, 4.69) is 58.1 Å². The Morgan fingerprint density at radius 2 is 2.03 bits per heavy atom. The van der Waals surface area contributed by atoms with Crippen LogP contribution in [0.25, 0.3) is 0 Å². The third kappa shape index (κ3) is 3.82. The summed E-state index contributed by atoms with van der Waals surface area (Å²) in [4.78, 5) is 17.0. The number of carbonyl (C=O) groups excluding carboxylic acids is 1. The molecule has 1 saturated heterocycles. The molecule has 2 aromatic carbocycles. The standard InChI is InChI=1S/C23H22BrN3O2S/c1-3-15-4-7-17(8-5-15)26-13-27-22(28)11-18(20(12-25)23(27)30-14-26)19-10-16(24)6-9-21(19)29-2/h4-10,18H,3,11,13-14H2,1-2H3/t18-/m0/s1. The van der Waals surface area contributed by atoms with Crippen LogP contribution in [0.3, 0.4) is 0 Å². The van der Waals surface area contributed by atoms with Gasteiger partial charge in [0.05, 0.1) is 36.3 Å². The maximum atomic E-state index is 13.1. The van der Waals surface area contributed by atoms with Crippen molar-refractivity contribution >= 4 is 39.3 Å². The number of hydrogen-bond donors (Lipinski definition) is 0. The molecule has 0 aliphatic carbocycles. The van der Waals surface area contributed by atoms with Gasteiger partial charge in [0.1, 0.15) is 5.75 Å². The quantitative estimate of drug-likeness (QED) is 0.594. The van der Waals surface area contributed by atoms with Crippen molar-refractivity contribution in [1.82, 2.24) is 4.90 Å². The van der Waals surface area contributed by atoms with Gasteiger partial charge in [0.15, 0.2) is 0 Å². The molecule has 0 N–H and O–H groups in total. The lowest BCUT2D eigenvalue weighted by atomic mass is 9.86. The van der Waals surface area contributed by atoms with E-state index < -0.39 is 0 Å². The van der Waals surface area contributed by atoms with Crippen LogP contribution in [-0.4, -0.2) is 30.5 Å². The molecule has 4 rings (SSSR count). The second-order valence-electron chi connectivity index (χ2n) is 7.27. The van der Waals surface area contributed by atoms with Crippen LogP contribution in [0.2, 0.25) is 0 Å². The van der Waals surface area contributed by atoms with E-state index in [4.69, 9.17) is 4.74 Å². The molecular formula is C23H22BrN3O2S. The zero-order valence-corrected chi connectivity index (χ0v) is 19.3. The van der Waals surface area contributed by atoms with Crippen molar-refractivity contribution in [3.05, 3.63) is 68.7 Å².